The molecule has 0 aromatic carbocycles. The summed E-state index contributed by atoms with van der Waals surface area (Å²) in [4.78, 5) is 0. The van der Waals surface area contributed by atoms with E-state index >= 15 is 0 Å². The summed E-state index contributed by atoms with van der Waals surface area (Å²) >= 11 is 0. The summed E-state index contributed by atoms with van der Waals surface area (Å²) in [5.74, 6) is -0.433. The van der Waals surface area contributed by atoms with E-state index in [0.29, 0.717) is 19.3 Å². The van der Waals surface area contributed by atoms with E-state index < -0.39 is 5.79 Å². The summed E-state index contributed by atoms with van der Waals surface area (Å²) in [5, 5.41) is 12.5. The Balaban J connectivity index is 1.69. The fourth-order valence-electron chi connectivity index (χ4n) is 1.85. The van der Waals surface area contributed by atoms with Gasteiger partial charge in [-0.3, -0.25) is 0 Å². The molecule has 14 heavy (non-hydrogen) atoms. The number of nitrogens with one attached hydrogen (secondary N) is 1. The molecule has 2 aliphatic rings. The highest BCUT2D eigenvalue weighted by atomic mass is 16.7. The van der Waals surface area contributed by atoms with Crippen LogP contribution in [0.4, 0.5) is 0 Å². The summed E-state index contributed by atoms with van der Waals surface area (Å²) in [6, 6.07) is 0.726. The highest BCUT2D eigenvalue weighted by Gasteiger charge is 2.33. The fourth-order valence-corrected chi connectivity index (χ4v) is 1.85. The predicted octanol–water partition coefficient (Wildman–Crippen LogP) is 0.251. The minimum absolute atomic E-state index is 0.102. The number of aliphatic hydroxyl groups excluding tert-OH is 1. The molecule has 1 saturated carbocycles. The summed E-state index contributed by atoms with van der Waals surface area (Å²) in [6.07, 6.45) is 1.62. The molecule has 0 bridgehead atoms. The van der Waals surface area contributed by atoms with Gasteiger partial charge in [-0.25, -0.2) is 0 Å². The SMILES string of the molecule is CC1(C)OCC(NC2CC(O)C2)CO1. The van der Waals surface area contributed by atoms with Gasteiger partial charge in [0.25, 0.3) is 0 Å². The van der Waals surface area contributed by atoms with E-state index in [2.05, 4.69) is 5.32 Å². The largest absolute Gasteiger partial charge is 0.393 e. The van der Waals surface area contributed by atoms with Crippen molar-refractivity contribution in [3.05, 3.63) is 0 Å². The summed E-state index contributed by atoms with van der Waals surface area (Å²) in [5.41, 5.74) is 0. The summed E-state index contributed by atoms with van der Waals surface area (Å²) in [6.45, 7) is 5.24. The van der Waals surface area contributed by atoms with Gasteiger partial charge in [0.2, 0.25) is 0 Å². The zero-order valence-corrected chi connectivity index (χ0v) is 8.82. The molecule has 4 heteroatoms. The van der Waals surface area contributed by atoms with Crippen molar-refractivity contribution in [1.82, 2.24) is 5.32 Å². The van der Waals surface area contributed by atoms with Gasteiger partial charge in [-0.05, 0) is 26.7 Å². The molecular weight excluding hydrogens is 182 g/mol. The van der Waals surface area contributed by atoms with E-state index in [9.17, 15) is 0 Å². The summed E-state index contributed by atoms with van der Waals surface area (Å²) in [7, 11) is 0. The smallest absolute Gasteiger partial charge is 0.162 e. The number of ether oxygens (including phenoxy) is 2. The van der Waals surface area contributed by atoms with Crippen molar-refractivity contribution in [2.75, 3.05) is 13.2 Å². The molecule has 0 unspecified atom stereocenters. The first-order valence-electron chi connectivity index (χ1n) is 5.27. The van der Waals surface area contributed by atoms with Crippen LogP contribution in [0.2, 0.25) is 0 Å². The van der Waals surface area contributed by atoms with Crippen molar-refractivity contribution in [3.63, 3.8) is 0 Å². The first kappa shape index (κ1) is 10.4. The van der Waals surface area contributed by atoms with Crippen molar-refractivity contribution in [2.45, 2.75) is 50.7 Å². The van der Waals surface area contributed by atoms with E-state index in [-0.39, 0.29) is 12.1 Å². The van der Waals surface area contributed by atoms with Crippen LogP contribution in [0.1, 0.15) is 26.7 Å². The van der Waals surface area contributed by atoms with Gasteiger partial charge in [-0.2, -0.15) is 0 Å². The Labute approximate surface area is 84.6 Å². The normalized spacial score (nSPS) is 37.9. The topological polar surface area (TPSA) is 50.7 Å². The Morgan fingerprint density at radius 3 is 2.21 bits per heavy atom. The molecule has 82 valence electrons. The van der Waals surface area contributed by atoms with Gasteiger partial charge < -0.3 is 19.9 Å². The van der Waals surface area contributed by atoms with Crippen LogP contribution >= 0.6 is 0 Å². The van der Waals surface area contributed by atoms with Crippen molar-refractivity contribution in [1.29, 1.82) is 0 Å². The maximum absolute atomic E-state index is 9.13. The maximum Gasteiger partial charge on any atom is 0.162 e. The first-order valence-corrected chi connectivity index (χ1v) is 5.27. The second-order valence-corrected chi connectivity index (χ2v) is 4.71. The lowest BCUT2D eigenvalue weighted by Gasteiger charge is -2.40. The number of hydrogen-bond acceptors (Lipinski definition) is 4. The Morgan fingerprint density at radius 2 is 1.71 bits per heavy atom. The Morgan fingerprint density at radius 1 is 1.14 bits per heavy atom. The average molecular weight is 201 g/mol. The van der Waals surface area contributed by atoms with Crippen LogP contribution in [0.25, 0.3) is 0 Å². The molecule has 2 N–H and O–H groups in total. The molecule has 0 atom stereocenters. The minimum Gasteiger partial charge on any atom is -0.393 e. The quantitative estimate of drug-likeness (QED) is 0.672. The van der Waals surface area contributed by atoms with E-state index in [4.69, 9.17) is 14.6 Å². The van der Waals surface area contributed by atoms with E-state index in [1.165, 1.54) is 0 Å². The monoisotopic (exact) mass is 201 g/mol. The third-order valence-corrected chi connectivity index (χ3v) is 2.85. The molecule has 0 aromatic rings. The van der Waals surface area contributed by atoms with Gasteiger partial charge in [0.05, 0.1) is 25.4 Å². The molecule has 1 aliphatic heterocycles. The van der Waals surface area contributed by atoms with Crippen LogP contribution in [0.15, 0.2) is 0 Å². The molecule has 2 fully saturated rings. The zero-order valence-electron chi connectivity index (χ0n) is 8.82. The van der Waals surface area contributed by atoms with E-state index in [0.717, 1.165) is 12.8 Å². The third kappa shape index (κ3) is 2.45. The van der Waals surface area contributed by atoms with Crippen LogP contribution in [0.5, 0.6) is 0 Å². The number of hydrogen-bond donors (Lipinski definition) is 2. The first-order chi connectivity index (χ1) is 6.55. The second-order valence-electron chi connectivity index (χ2n) is 4.71. The molecule has 1 saturated heterocycles. The van der Waals surface area contributed by atoms with Crippen molar-refractivity contribution >= 4 is 0 Å². The van der Waals surface area contributed by atoms with Gasteiger partial charge in [-0.1, -0.05) is 0 Å². The third-order valence-electron chi connectivity index (χ3n) is 2.85. The molecular formula is C10H19NO3. The second kappa shape index (κ2) is 3.77. The van der Waals surface area contributed by atoms with E-state index in [1.54, 1.807) is 0 Å². The van der Waals surface area contributed by atoms with E-state index in [1.807, 2.05) is 13.8 Å². The predicted molar refractivity (Wildman–Crippen MR) is 51.9 cm³/mol. The van der Waals surface area contributed by atoms with Crippen LogP contribution in [0, 0.1) is 0 Å². The lowest BCUT2D eigenvalue weighted by Crippen LogP contribution is -2.55. The zero-order chi connectivity index (χ0) is 10.2. The van der Waals surface area contributed by atoms with Gasteiger partial charge in [0.1, 0.15) is 0 Å². The highest BCUT2D eigenvalue weighted by molar-refractivity contribution is 4.88. The molecule has 0 radical (unpaired) electrons. The van der Waals surface area contributed by atoms with Gasteiger partial charge >= 0.3 is 0 Å². The van der Waals surface area contributed by atoms with Gasteiger partial charge in [-0.15, -0.1) is 0 Å². The average Bonchev–Trinajstić information content (AvgIpc) is 2.06. The molecule has 1 heterocycles. The number of rotatable bonds is 2. The fraction of sp³-hybridized carbons (Fsp3) is 1.00. The standard InChI is InChI=1S/C10H19NO3/c1-10(2)13-5-8(6-14-10)11-7-3-9(12)4-7/h7-9,11-12H,3-6H2,1-2H3. The summed E-state index contributed by atoms with van der Waals surface area (Å²) < 4.78 is 11.1. The lowest BCUT2D eigenvalue weighted by molar-refractivity contribution is -0.254. The van der Waals surface area contributed by atoms with Crippen LogP contribution < -0.4 is 5.32 Å². The lowest BCUT2D eigenvalue weighted by atomic mass is 9.89. The Bertz CT molecular complexity index is 192. The minimum atomic E-state index is -0.433. The highest BCUT2D eigenvalue weighted by Crippen LogP contribution is 2.22. The van der Waals surface area contributed by atoms with Crippen LogP contribution in [0.3, 0.4) is 0 Å². The molecule has 4 nitrogen and oxygen atoms in total. The molecule has 0 amide bonds. The van der Waals surface area contributed by atoms with Crippen molar-refractivity contribution < 1.29 is 14.6 Å². The molecule has 0 aromatic heterocycles. The molecule has 2 rings (SSSR count). The van der Waals surface area contributed by atoms with Crippen LogP contribution in [-0.2, 0) is 9.47 Å². The maximum atomic E-state index is 9.13. The molecule has 0 spiro atoms. The van der Waals surface area contributed by atoms with Gasteiger partial charge in [0, 0.05) is 6.04 Å². The molecule has 1 aliphatic carbocycles. The van der Waals surface area contributed by atoms with Gasteiger partial charge in [0.15, 0.2) is 5.79 Å². The number of aliphatic hydroxyl groups is 1. The Hall–Kier alpha value is -0.160. The Kier molecular flexibility index (Phi) is 2.79. The van der Waals surface area contributed by atoms with Crippen LogP contribution in [-0.4, -0.2) is 42.3 Å². The van der Waals surface area contributed by atoms with Crippen molar-refractivity contribution in [2.24, 2.45) is 0 Å². The van der Waals surface area contributed by atoms with Crippen molar-refractivity contribution in [3.8, 4) is 0 Å².